The molecule has 1 N–H and O–H groups in total. The summed E-state index contributed by atoms with van der Waals surface area (Å²) in [5.74, 6) is 0.594. The largest absolute Gasteiger partial charge is 0.365 e. The lowest BCUT2D eigenvalue weighted by molar-refractivity contribution is -0.00119. The maximum Gasteiger partial charge on any atom is 0.271 e. The molecule has 0 bridgehead atoms. The van der Waals surface area contributed by atoms with Gasteiger partial charge in [-0.3, -0.25) is 9.48 Å². The van der Waals surface area contributed by atoms with Crippen molar-refractivity contribution in [1.82, 2.24) is 15.1 Å². The molecule has 1 aromatic heterocycles. The van der Waals surface area contributed by atoms with Crippen LogP contribution in [0.25, 0.3) is 0 Å². The van der Waals surface area contributed by atoms with E-state index in [-0.39, 0.29) is 12.0 Å². The van der Waals surface area contributed by atoms with Gasteiger partial charge in [0.1, 0.15) is 6.10 Å². The summed E-state index contributed by atoms with van der Waals surface area (Å²) in [6.07, 6.45) is 2.45. The van der Waals surface area contributed by atoms with Gasteiger partial charge in [0, 0.05) is 6.54 Å². The van der Waals surface area contributed by atoms with Crippen molar-refractivity contribution < 1.29 is 9.53 Å². The van der Waals surface area contributed by atoms with Crippen molar-refractivity contribution in [3.8, 4) is 0 Å². The third-order valence-corrected chi connectivity index (χ3v) is 4.29. The molecule has 0 saturated heterocycles. The second-order valence-electron chi connectivity index (χ2n) is 6.07. The average molecular weight is 297 g/mol. The highest BCUT2D eigenvalue weighted by Crippen LogP contribution is 2.28. The molecule has 1 fully saturated rings. The van der Waals surface area contributed by atoms with E-state index in [1.54, 1.807) is 0 Å². The number of nitrogens with one attached hydrogen (secondary N) is 1. The standard InChI is InChI=1S/C17H19N3O2/c21-17(18-9-12-6-7-12)15-8-14-11-22-16(10-20(14)19-15)13-4-2-1-3-5-13/h1-5,8,12,16H,6-7,9-11H2,(H,18,21)/t16-/m0/s1. The van der Waals surface area contributed by atoms with Gasteiger partial charge in [-0.2, -0.15) is 5.10 Å². The van der Waals surface area contributed by atoms with Gasteiger partial charge in [-0.15, -0.1) is 0 Å². The summed E-state index contributed by atoms with van der Waals surface area (Å²) in [7, 11) is 0. The van der Waals surface area contributed by atoms with E-state index in [1.807, 2.05) is 28.9 Å². The van der Waals surface area contributed by atoms with E-state index in [1.165, 1.54) is 12.8 Å². The zero-order valence-electron chi connectivity index (χ0n) is 12.4. The lowest BCUT2D eigenvalue weighted by atomic mass is 10.1. The second-order valence-corrected chi connectivity index (χ2v) is 6.07. The fourth-order valence-electron chi connectivity index (χ4n) is 2.76. The van der Waals surface area contributed by atoms with Crippen LogP contribution in [0.15, 0.2) is 36.4 Å². The minimum atomic E-state index is -0.0786. The van der Waals surface area contributed by atoms with Crippen LogP contribution in [0.3, 0.4) is 0 Å². The van der Waals surface area contributed by atoms with Crippen molar-refractivity contribution in [3.05, 3.63) is 53.3 Å². The highest BCUT2D eigenvalue weighted by atomic mass is 16.5. The first kappa shape index (κ1) is 13.5. The third-order valence-electron chi connectivity index (χ3n) is 4.29. The van der Waals surface area contributed by atoms with E-state index < -0.39 is 0 Å². The summed E-state index contributed by atoms with van der Waals surface area (Å²) in [5.41, 5.74) is 2.60. The van der Waals surface area contributed by atoms with E-state index >= 15 is 0 Å². The molecule has 0 unspecified atom stereocenters. The quantitative estimate of drug-likeness (QED) is 0.942. The lowest BCUT2D eigenvalue weighted by Crippen LogP contribution is -2.26. The molecular weight excluding hydrogens is 278 g/mol. The van der Waals surface area contributed by atoms with Crippen molar-refractivity contribution in [3.63, 3.8) is 0 Å². The van der Waals surface area contributed by atoms with Gasteiger partial charge in [-0.1, -0.05) is 30.3 Å². The molecule has 1 amide bonds. The van der Waals surface area contributed by atoms with Crippen LogP contribution in [0, 0.1) is 5.92 Å². The van der Waals surface area contributed by atoms with Gasteiger partial charge in [0.2, 0.25) is 0 Å². The number of hydrogen-bond donors (Lipinski definition) is 1. The molecule has 0 spiro atoms. The van der Waals surface area contributed by atoms with Crippen LogP contribution in [0.4, 0.5) is 0 Å². The van der Waals surface area contributed by atoms with Crippen LogP contribution in [-0.4, -0.2) is 22.2 Å². The van der Waals surface area contributed by atoms with Crippen LogP contribution in [0.1, 0.15) is 40.7 Å². The van der Waals surface area contributed by atoms with Gasteiger partial charge in [0.15, 0.2) is 5.69 Å². The number of carbonyl (C=O) groups is 1. The average Bonchev–Trinajstić information content (AvgIpc) is 3.29. The van der Waals surface area contributed by atoms with Crippen molar-refractivity contribution in [2.45, 2.75) is 32.1 Å². The first-order valence-electron chi connectivity index (χ1n) is 7.81. The molecule has 114 valence electrons. The molecule has 1 saturated carbocycles. The summed E-state index contributed by atoms with van der Waals surface area (Å²) < 4.78 is 7.80. The maximum atomic E-state index is 12.1. The summed E-state index contributed by atoms with van der Waals surface area (Å²) in [4.78, 5) is 12.1. The molecule has 5 nitrogen and oxygen atoms in total. The number of fused-ring (bicyclic) bond motifs is 1. The van der Waals surface area contributed by atoms with Gasteiger partial charge < -0.3 is 10.1 Å². The van der Waals surface area contributed by atoms with Crippen molar-refractivity contribution in [2.75, 3.05) is 6.54 Å². The lowest BCUT2D eigenvalue weighted by Gasteiger charge is -2.24. The van der Waals surface area contributed by atoms with Crippen molar-refractivity contribution in [2.24, 2.45) is 5.92 Å². The molecule has 2 aromatic rings. The first-order chi connectivity index (χ1) is 10.8. The number of nitrogens with zero attached hydrogens (tertiary/aromatic N) is 2. The monoisotopic (exact) mass is 297 g/mol. The highest BCUT2D eigenvalue weighted by molar-refractivity contribution is 5.92. The number of rotatable bonds is 4. The molecule has 4 rings (SSSR count). The first-order valence-corrected chi connectivity index (χ1v) is 7.81. The predicted molar refractivity (Wildman–Crippen MR) is 81.3 cm³/mol. The molecule has 1 aromatic carbocycles. The SMILES string of the molecule is O=C(NCC1CC1)c1cc2n(n1)C[C@@H](c1ccccc1)OC2. The molecule has 22 heavy (non-hydrogen) atoms. The fourth-order valence-corrected chi connectivity index (χ4v) is 2.76. The maximum absolute atomic E-state index is 12.1. The smallest absolute Gasteiger partial charge is 0.271 e. The van der Waals surface area contributed by atoms with Crippen LogP contribution >= 0.6 is 0 Å². The number of ether oxygens (including phenoxy) is 1. The Balaban J connectivity index is 1.47. The Morgan fingerprint density at radius 3 is 2.91 bits per heavy atom. The molecule has 1 aliphatic carbocycles. The molecular formula is C17H19N3O2. The molecule has 1 atom stereocenters. The Bertz CT molecular complexity index is 676. The summed E-state index contributed by atoms with van der Waals surface area (Å²) >= 11 is 0. The normalized spacial score (nSPS) is 20.5. The number of amides is 1. The summed E-state index contributed by atoms with van der Waals surface area (Å²) in [6, 6.07) is 12.0. The minimum absolute atomic E-state index is 0.00373. The van der Waals surface area contributed by atoms with Crippen LogP contribution in [0.5, 0.6) is 0 Å². The minimum Gasteiger partial charge on any atom is -0.365 e. The zero-order valence-corrected chi connectivity index (χ0v) is 12.4. The van der Waals surface area contributed by atoms with E-state index in [0.29, 0.717) is 24.8 Å². The Morgan fingerprint density at radius 1 is 1.32 bits per heavy atom. The Hall–Kier alpha value is -2.14. The van der Waals surface area contributed by atoms with Gasteiger partial charge in [0.05, 0.1) is 18.8 Å². The van der Waals surface area contributed by atoms with Gasteiger partial charge in [-0.25, -0.2) is 0 Å². The zero-order chi connectivity index (χ0) is 14.9. The Labute approximate surface area is 129 Å². The van der Waals surface area contributed by atoms with Crippen molar-refractivity contribution >= 4 is 5.91 Å². The van der Waals surface area contributed by atoms with E-state index in [2.05, 4.69) is 22.5 Å². The van der Waals surface area contributed by atoms with Crippen molar-refractivity contribution in [1.29, 1.82) is 0 Å². The fraction of sp³-hybridized carbons (Fsp3) is 0.412. The van der Waals surface area contributed by atoms with E-state index in [9.17, 15) is 4.79 Å². The highest BCUT2D eigenvalue weighted by Gasteiger charge is 2.25. The topological polar surface area (TPSA) is 56.2 Å². The van der Waals surface area contributed by atoms with Crippen LogP contribution in [-0.2, 0) is 17.9 Å². The molecule has 1 aliphatic heterocycles. The molecule has 5 heteroatoms. The molecule has 2 aliphatic rings. The third kappa shape index (κ3) is 2.76. The van der Waals surface area contributed by atoms with Crippen LogP contribution in [0.2, 0.25) is 0 Å². The van der Waals surface area contributed by atoms with Crippen LogP contribution < -0.4 is 5.32 Å². The van der Waals surface area contributed by atoms with E-state index in [0.717, 1.165) is 17.8 Å². The number of aromatic nitrogens is 2. The summed E-state index contributed by atoms with van der Waals surface area (Å²) in [6.45, 7) is 1.90. The molecule has 0 radical (unpaired) electrons. The number of hydrogen-bond acceptors (Lipinski definition) is 3. The van der Waals surface area contributed by atoms with Gasteiger partial charge >= 0.3 is 0 Å². The van der Waals surface area contributed by atoms with Gasteiger partial charge in [-0.05, 0) is 30.4 Å². The summed E-state index contributed by atoms with van der Waals surface area (Å²) in [5, 5.41) is 7.41. The Morgan fingerprint density at radius 2 is 2.14 bits per heavy atom. The molecule has 2 heterocycles. The Kier molecular flexibility index (Phi) is 3.42. The second kappa shape index (κ2) is 5.57. The number of carbonyl (C=O) groups excluding carboxylic acids is 1. The number of benzene rings is 1. The van der Waals surface area contributed by atoms with E-state index in [4.69, 9.17) is 4.74 Å². The van der Waals surface area contributed by atoms with Gasteiger partial charge in [0.25, 0.3) is 5.91 Å². The predicted octanol–water partition coefficient (Wildman–Crippen LogP) is 2.29.